The molecule has 7 heteroatoms. The average Bonchev–Trinajstić information content (AvgIpc) is 2.95. The van der Waals surface area contributed by atoms with Crippen molar-refractivity contribution in [3.8, 4) is 11.5 Å². The number of esters is 1. The molecule has 1 spiro atoms. The number of urea groups is 1. The Kier molecular flexibility index (Phi) is 6.15. The van der Waals surface area contributed by atoms with Gasteiger partial charge in [-0.2, -0.15) is 0 Å². The first-order valence-electron chi connectivity index (χ1n) is 11.3. The molecule has 1 saturated carbocycles. The van der Waals surface area contributed by atoms with Crippen LogP contribution in [-0.4, -0.2) is 34.9 Å². The molecule has 7 nitrogen and oxygen atoms in total. The van der Waals surface area contributed by atoms with Crippen LogP contribution < -0.4 is 14.8 Å². The number of carbonyl (C=O) groups excluding carboxylic acids is 3. The van der Waals surface area contributed by atoms with E-state index in [1.54, 1.807) is 24.3 Å². The maximum absolute atomic E-state index is 13.2. The zero-order valence-corrected chi connectivity index (χ0v) is 19.3. The van der Waals surface area contributed by atoms with Gasteiger partial charge in [0.15, 0.2) is 0 Å². The lowest BCUT2D eigenvalue weighted by Crippen LogP contribution is -2.54. The van der Waals surface area contributed by atoms with Gasteiger partial charge in [-0.3, -0.25) is 9.69 Å². The second-order valence-electron chi connectivity index (χ2n) is 9.98. The lowest BCUT2D eigenvalue weighted by molar-refractivity contribution is -0.142. The van der Waals surface area contributed by atoms with Crippen molar-refractivity contribution in [3.05, 3.63) is 60.2 Å². The van der Waals surface area contributed by atoms with Crippen LogP contribution in [0.25, 0.3) is 0 Å². The summed E-state index contributed by atoms with van der Waals surface area (Å²) in [7, 11) is 0. The molecule has 2 aliphatic rings. The molecule has 1 N–H and O–H groups in total. The second kappa shape index (κ2) is 8.89. The third-order valence-electron chi connectivity index (χ3n) is 6.22. The predicted molar refractivity (Wildman–Crippen MR) is 123 cm³/mol. The number of rotatable bonds is 6. The Morgan fingerprint density at radius 3 is 2.36 bits per heavy atom. The lowest BCUT2D eigenvalue weighted by atomic mass is 9.64. The van der Waals surface area contributed by atoms with Crippen LogP contribution in [0.1, 0.15) is 45.6 Å². The molecule has 0 radical (unpaired) electrons. The summed E-state index contributed by atoms with van der Waals surface area (Å²) >= 11 is 0. The highest BCUT2D eigenvalue weighted by Crippen LogP contribution is 2.46. The number of ether oxygens (including phenoxy) is 2. The molecule has 1 aliphatic carbocycles. The zero-order chi connectivity index (χ0) is 23.6. The number of imide groups is 1. The van der Waals surface area contributed by atoms with Crippen LogP contribution >= 0.6 is 0 Å². The highest BCUT2D eigenvalue weighted by atomic mass is 16.5. The van der Waals surface area contributed by atoms with Crippen molar-refractivity contribution in [2.45, 2.75) is 52.2 Å². The van der Waals surface area contributed by atoms with Crippen LogP contribution in [0.15, 0.2) is 54.6 Å². The predicted octanol–water partition coefficient (Wildman–Crippen LogP) is 4.31. The summed E-state index contributed by atoms with van der Waals surface area (Å²) in [6.07, 6.45) is 2.13. The van der Waals surface area contributed by atoms with Crippen LogP contribution in [0.3, 0.4) is 0 Å². The van der Waals surface area contributed by atoms with Gasteiger partial charge in [0.1, 0.15) is 30.2 Å². The van der Waals surface area contributed by atoms with Gasteiger partial charge < -0.3 is 14.8 Å². The Bertz CT molecular complexity index is 1030. The van der Waals surface area contributed by atoms with Crippen molar-refractivity contribution in [1.82, 2.24) is 10.2 Å². The molecule has 2 aromatic carbocycles. The third-order valence-corrected chi connectivity index (χ3v) is 6.22. The van der Waals surface area contributed by atoms with Crippen molar-refractivity contribution in [1.29, 1.82) is 0 Å². The summed E-state index contributed by atoms with van der Waals surface area (Å²) in [5.74, 6) is 0.253. The molecule has 0 bridgehead atoms. The molecule has 2 aromatic rings. The van der Waals surface area contributed by atoms with E-state index in [2.05, 4.69) is 26.1 Å². The summed E-state index contributed by atoms with van der Waals surface area (Å²) in [6, 6.07) is 15.9. The van der Waals surface area contributed by atoms with Crippen LogP contribution in [-0.2, 0) is 16.2 Å². The highest BCUT2D eigenvalue weighted by Gasteiger charge is 2.56. The molecule has 1 aliphatic heterocycles. The summed E-state index contributed by atoms with van der Waals surface area (Å²) < 4.78 is 11.1. The van der Waals surface area contributed by atoms with Gasteiger partial charge in [-0.1, -0.05) is 51.1 Å². The largest absolute Gasteiger partial charge is 0.489 e. The Labute approximate surface area is 194 Å². The van der Waals surface area contributed by atoms with Gasteiger partial charge in [-0.15, -0.1) is 0 Å². The van der Waals surface area contributed by atoms with Crippen LogP contribution in [0.5, 0.6) is 11.5 Å². The monoisotopic (exact) mass is 450 g/mol. The summed E-state index contributed by atoms with van der Waals surface area (Å²) in [5, 5.41) is 2.87. The number of carbonyl (C=O) groups is 3. The molecule has 3 amide bonds. The maximum atomic E-state index is 13.2. The van der Waals surface area contributed by atoms with Gasteiger partial charge >= 0.3 is 12.0 Å². The quantitative estimate of drug-likeness (QED) is 0.403. The maximum Gasteiger partial charge on any atom is 0.331 e. The average molecular weight is 451 g/mol. The Morgan fingerprint density at radius 1 is 1.03 bits per heavy atom. The fourth-order valence-corrected chi connectivity index (χ4v) is 5.29. The van der Waals surface area contributed by atoms with Crippen molar-refractivity contribution in [2.24, 2.45) is 11.3 Å². The van der Waals surface area contributed by atoms with E-state index in [0.29, 0.717) is 36.9 Å². The first kappa shape index (κ1) is 22.8. The van der Waals surface area contributed by atoms with Crippen LogP contribution in [0.4, 0.5) is 4.79 Å². The summed E-state index contributed by atoms with van der Waals surface area (Å²) in [6.45, 7) is 6.31. The number of nitrogens with one attached hydrogen (secondary N) is 1. The molecule has 2 atom stereocenters. The normalized spacial score (nSPS) is 24.0. The smallest absolute Gasteiger partial charge is 0.331 e. The number of nitrogens with zero attached hydrogens (tertiary/aromatic N) is 1. The number of hydrogen-bond donors (Lipinski definition) is 1. The van der Waals surface area contributed by atoms with E-state index in [1.807, 2.05) is 30.3 Å². The topological polar surface area (TPSA) is 84.9 Å². The van der Waals surface area contributed by atoms with Gasteiger partial charge in [0.25, 0.3) is 5.91 Å². The fourth-order valence-electron chi connectivity index (χ4n) is 5.29. The fraction of sp³-hybridized carbons (Fsp3) is 0.423. The number of hydrogen-bond acceptors (Lipinski definition) is 5. The van der Waals surface area contributed by atoms with Gasteiger partial charge in [-0.05, 0) is 60.4 Å². The molecule has 2 fully saturated rings. The molecule has 1 saturated heterocycles. The summed E-state index contributed by atoms with van der Waals surface area (Å²) in [4.78, 5) is 39.2. The van der Waals surface area contributed by atoms with Crippen molar-refractivity contribution in [3.63, 3.8) is 0 Å². The Morgan fingerprint density at radius 2 is 1.70 bits per heavy atom. The van der Waals surface area contributed by atoms with Crippen LogP contribution in [0, 0.1) is 11.3 Å². The Balaban J connectivity index is 1.34. The van der Waals surface area contributed by atoms with Crippen LogP contribution in [0.2, 0.25) is 0 Å². The van der Waals surface area contributed by atoms with E-state index in [0.717, 1.165) is 16.9 Å². The van der Waals surface area contributed by atoms with Gasteiger partial charge in [0.2, 0.25) is 0 Å². The minimum Gasteiger partial charge on any atom is -0.489 e. The number of benzene rings is 2. The Hall–Kier alpha value is -3.35. The van der Waals surface area contributed by atoms with E-state index in [4.69, 9.17) is 9.47 Å². The molecular weight excluding hydrogens is 420 g/mol. The van der Waals surface area contributed by atoms with Crippen molar-refractivity contribution >= 4 is 17.9 Å². The number of amides is 3. The van der Waals surface area contributed by atoms with E-state index in [9.17, 15) is 14.4 Å². The molecule has 0 aromatic heterocycles. The minimum absolute atomic E-state index is 0.0680. The first-order chi connectivity index (χ1) is 15.7. The zero-order valence-electron chi connectivity index (χ0n) is 19.3. The third kappa shape index (κ3) is 5.18. The standard InChI is InChI=1S/C26H30N2O5/c1-18-13-25(2,3)17-26(14-18)23(30)28(24(31)27-26)15-22(29)33-21-11-9-20(10-12-21)32-16-19-7-5-4-6-8-19/h4-12,18H,13-17H2,1-3H3,(H,27,31). The van der Waals surface area contributed by atoms with Crippen molar-refractivity contribution < 1.29 is 23.9 Å². The molecule has 1 heterocycles. The SMILES string of the molecule is CC1CC(C)(C)CC2(C1)NC(=O)N(CC(=O)Oc1ccc(OCc3ccccc3)cc1)C2=O. The second-order valence-corrected chi connectivity index (χ2v) is 9.98. The lowest BCUT2D eigenvalue weighted by Gasteiger charge is -2.43. The molecular formula is C26H30N2O5. The van der Waals surface area contributed by atoms with E-state index >= 15 is 0 Å². The highest BCUT2D eigenvalue weighted by molar-refractivity contribution is 6.08. The summed E-state index contributed by atoms with van der Waals surface area (Å²) in [5.41, 5.74) is 0.0487. The first-order valence-corrected chi connectivity index (χ1v) is 11.3. The minimum atomic E-state index is -0.934. The van der Waals surface area contributed by atoms with Gasteiger partial charge in [0, 0.05) is 0 Å². The van der Waals surface area contributed by atoms with Gasteiger partial charge in [0.05, 0.1) is 0 Å². The van der Waals surface area contributed by atoms with E-state index in [1.165, 1.54) is 0 Å². The van der Waals surface area contributed by atoms with E-state index in [-0.39, 0.29) is 11.3 Å². The van der Waals surface area contributed by atoms with Gasteiger partial charge in [-0.25, -0.2) is 9.59 Å². The van der Waals surface area contributed by atoms with E-state index < -0.39 is 24.1 Å². The molecule has 4 rings (SSSR count). The molecule has 2 unspecified atom stereocenters. The van der Waals surface area contributed by atoms with Crippen molar-refractivity contribution in [2.75, 3.05) is 6.54 Å². The molecule has 33 heavy (non-hydrogen) atoms. The molecule has 174 valence electrons.